The second kappa shape index (κ2) is 18.9. The molecule has 0 unspecified atom stereocenters. The monoisotopic (exact) mass is 1010 g/mol. The normalized spacial score (nSPS) is 10.9. The average Bonchev–Trinajstić information content (AvgIpc) is 3.14. The van der Waals surface area contributed by atoms with E-state index >= 15 is 0 Å². The number of hydrogen-bond acceptors (Lipinski definition) is 7. The molecule has 5 rings (SSSR count). The summed E-state index contributed by atoms with van der Waals surface area (Å²) in [5.74, 6) is 0.160. The standard InChI is InChI=1S/C25H20Br4O4.C19H22N2O2/c1-13(30)14-6-5-7-15(8-14)24(31)33-23-20(28)11-17(12-21(23)29)25(2,3)16-9-18(26)22(32-4)19(27)10-16;1-11-9-12(2)18(13(3)17(11)20-5)21-19(23)16-8-6-7-15(10-16)14(4)22/h5-12H,1-4H3;6-10,20H,1-5H3,(H,21,23). The molecule has 0 radical (unpaired) electrons. The molecule has 0 spiro atoms. The van der Waals surface area contributed by atoms with Crippen LogP contribution < -0.4 is 20.1 Å². The third kappa shape index (κ3) is 10.2. The van der Waals surface area contributed by atoms with Crippen LogP contribution in [0.25, 0.3) is 0 Å². The van der Waals surface area contributed by atoms with E-state index < -0.39 is 5.97 Å². The van der Waals surface area contributed by atoms with E-state index in [1.165, 1.54) is 19.9 Å². The second-order valence-electron chi connectivity index (χ2n) is 13.6. The zero-order chi connectivity index (χ0) is 41.6. The van der Waals surface area contributed by atoms with Gasteiger partial charge >= 0.3 is 5.97 Å². The fourth-order valence-electron chi connectivity index (χ4n) is 6.15. The molecule has 5 aromatic rings. The van der Waals surface area contributed by atoms with Crippen molar-refractivity contribution in [2.24, 2.45) is 0 Å². The number of rotatable bonds is 10. The third-order valence-electron chi connectivity index (χ3n) is 9.34. The Bertz CT molecular complexity index is 2310. The number of benzene rings is 5. The fraction of sp³-hybridized carbons (Fsp3) is 0.227. The summed E-state index contributed by atoms with van der Waals surface area (Å²) in [7, 11) is 3.49. The summed E-state index contributed by atoms with van der Waals surface area (Å²) in [5.41, 5.74) is 8.43. The number of halogens is 4. The molecule has 56 heavy (non-hydrogen) atoms. The van der Waals surface area contributed by atoms with Gasteiger partial charge in [-0.25, -0.2) is 4.79 Å². The highest BCUT2D eigenvalue weighted by Crippen LogP contribution is 2.44. The molecule has 2 N–H and O–H groups in total. The summed E-state index contributed by atoms with van der Waals surface area (Å²) in [6.07, 6.45) is 0. The Morgan fingerprint density at radius 2 is 1.04 bits per heavy atom. The van der Waals surface area contributed by atoms with Gasteiger partial charge in [0.2, 0.25) is 0 Å². The SMILES string of the molecule is CNc1c(C)cc(C)c(NC(=O)c2cccc(C(C)=O)c2)c1C.COc1c(Br)cc(C(C)(C)c2cc(Br)c(OC(=O)c3cccc(C(C)=O)c3)c(Br)c2)cc1Br. The van der Waals surface area contributed by atoms with Gasteiger partial charge in [-0.1, -0.05) is 44.2 Å². The summed E-state index contributed by atoms with van der Waals surface area (Å²) < 4.78 is 14.0. The molecule has 12 heteroatoms. The van der Waals surface area contributed by atoms with Crippen LogP contribution in [0.5, 0.6) is 11.5 Å². The van der Waals surface area contributed by atoms with Gasteiger partial charge in [0.25, 0.3) is 5.91 Å². The predicted octanol–water partition coefficient (Wildman–Crippen LogP) is 12.6. The van der Waals surface area contributed by atoms with Crippen molar-refractivity contribution in [1.29, 1.82) is 0 Å². The lowest BCUT2D eigenvalue weighted by atomic mass is 9.78. The van der Waals surface area contributed by atoms with E-state index in [2.05, 4.69) is 88.2 Å². The van der Waals surface area contributed by atoms with Gasteiger partial charge in [-0.3, -0.25) is 14.4 Å². The first kappa shape index (κ1) is 44.6. The minimum atomic E-state index is -0.547. The molecule has 0 saturated carbocycles. The fourth-order valence-corrected chi connectivity index (χ4v) is 9.00. The molecule has 0 fully saturated rings. The number of carbonyl (C=O) groups excluding carboxylic acids is 4. The van der Waals surface area contributed by atoms with Gasteiger partial charge in [-0.2, -0.15) is 0 Å². The molecule has 8 nitrogen and oxygen atoms in total. The van der Waals surface area contributed by atoms with Crippen molar-refractivity contribution in [3.63, 3.8) is 0 Å². The lowest BCUT2D eigenvalue weighted by Crippen LogP contribution is -2.19. The molecule has 0 aromatic heterocycles. The molecule has 0 bridgehead atoms. The van der Waals surface area contributed by atoms with Gasteiger partial charge in [0.1, 0.15) is 5.75 Å². The van der Waals surface area contributed by atoms with E-state index in [9.17, 15) is 19.2 Å². The maximum atomic E-state index is 12.7. The summed E-state index contributed by atoms with van der Waals surface area (Å²) in [4.78, 5) is 48.4. The van der Waals surface area contributed by atoms with E-state index in [4.69, 9.17) is 9.47 Å². The molecule has 0 atom stereocenters. The molecule has 0 saturated heterocycles. The highest BCUT2D eigenvalue weighted by Gasteiger charge is 2.28. The van der Waals surface area contributed by atoms with Crippen LogP contribution in [-0.2, 0) is 5.41 Å². The molecular formula is C44H42Br4N2O6. The molecule has 0 aliphatic heterocycles. The van der Waals surface area contributed by atoms with Crippen molar-refractivity contribution < 1.29 is 28.7 Å². The first-order valence-electron chi connectivity index (χ1n) is 17.4. The van der Waals surface area contributed by atoms with E-state index in [0.29, 0.717) is 36.9 Å². The zero-order valence-electron chi connectivity index (χ0n) is 32.5. The zero-order valence-corrected chi connectivity index (χ0v) is 38.8. The lowest BCUT2D eigenvalue weighted by Gasteiger charge is -2.28. The molecule has 0 heterocycles. The van der Waals surface area contributed by atoms with Crippen LogP contribution in [0.4, 0.5) is 11.4 Å². The topological polar surface area (TPSA) is 111 Å². The van der Waals surface area contributed by atoms with E-state index in [1.54, 1.807) is 49.6 Å². The van der Waals surface area contributed by atoms with Gasteiger partial charge in [0.05, 0.1) is 30.6 Å². The maximum Gasteiger partial charge on any atom is 0.343 e. The highest BCUT2D eigenvalue weighted by molar-refractivity contribution is 9.11. The number of anilines is 2. The van der Waals surface area contributed by atoms with Gasteiger partial charge in [-0.05, 0) is 175 Å². The quantitative estimate of drug-likeness (QED) is 0.0814. The van der Waals surface area contributed by atoms with Crippen LogP contribution in [0.3, 0.4) is 0 Å². The summed E-state index contributed by atoms with van der Waals surface area (Å²) in [6, 6.07) is 23.2. The van der Waals surface area contributed by atoms with Crippen molar-refractivity contribution >= 4 is 98.5 Å². The Morgan fingerprint density at radius 1 is 0.607 bits per heavy atom. The lowest BCUT2D eigenvalue weighted by molar-refractivity contribution is 0.0731. The van der Waals surface area contributed by atoms with E-state index in [0.717, 1.165) is 53.9 Å². The second-order valence-corrected chi connectivity index (χ2v) is 17.0. The maximum absolute atomic E-state index is 12.7. The number of ketones is 2. The van der Waals surface area contributed by atoms with Crippen molar-refractivity contribution in [1.82, 2.24) is 0 Å². The van der Waals surface area contributed by atoms with Crippen LogP contribution >= 0.6 is 63.7 Å². The van der Waals surface area contributed by atoms with Crippen molar-refractivity contribution in [3.8, 4) is 11.5 Å². The van der Waals surface area contributed by atoms with Crippen LogP contribution in [0, 0.1) is 20.8 Å². The summed E-state index contributed by atoms with van der Waals surface area (Å²) >= 11 is 14.3. The Labute approximate surface area is 361 Å². The molecule has 292 valence electrons. The first-order chi connectivity index (χ1) is 26.3. The van der Waals surface area contributed by atoms with Gasteiger partial charge in [-0.15, -0.1) is 0 Å². The highest BCUT2D eigenvalue weighted by atomic mass is 79.9. The smallest absolute Gasteiger partial charge is 0.343 e. The Kier molecular flexibility index (Phi) is 15.1. The largest absolute Gasteiger partial charge is 0.494 e. The first-order valence-corrected chi connectivity index (χ1v) is 20.5. The number of amides is 1. The minimum Gasteiger partial charge on any atom is -0.494 e. The Balaban J connectivity index is 0.000000265. The number of carbonyl (C=O) groups is 4. The van der Waals surface area contributed by atoms with Gasteiger partial charge in [0.15, 0.2) is 17.3 Å². The van der Waals surface area contributed by atoms with E-state index in [1.807, 2.05) is 58.2 Å². The van der Waals surface area contributed by atoms with Gasteiger partial charge < -0.3 is 20.1 Å². The van der Waals surface area contributed by atoms with Crippen molar-refractivity contribution in [2.45, 2.75) is 53.9 Å². The molecular weight excluding hydrogens is 972 g/mol. The number of hydrogen-bond donors (Lipinski definition) is 2. The van der Waals surface area contributed by atoms with Crippen molar-refractivity contribution in [3.05, 3.63) is 147 Å². The predicted molar refractivity (Wildman–Crippen MR) is 238 cm³/mol. The van der Waals surface area contributed by atoms with Crippen molar-refractivity contribution in [2.75, 3.05) is 24.8 Å². The Hall–Kier alpha value is -4.10. The summed E-state index contributed by atoms with van der Waals surface area (Å²) in [5, 5.41) is 6.14. The number of methoxy groups -OCH3 is 1. The summed E-state index contributed by atoms with van der Waals surface area (Å²) in [6.45, 7) is 13.2. The average molecular weight is 1010 g/mol. The molecule has 5 aromatic carbocycles. The van der Waals surface area contributed by atoms with Crippen LogP contribution in [0.15, 0.2) is 96.8 Å². The number of Topliss-reactive ketones (excluding diaryl/α,β-unsaturated/α-hetero) is 2. The van der Waals surface area contributed by atoms with Gasteiger partial charge in [0, 0.05) is 40.5 Å². The third-order valence-corrected chi connectivity index (χ3v) is 11.7. The molecule has 0 aliphatic rings. The minimum absolute atomic E-state index is 0.0557. The molecule has 0 aliphatic carbocycles. The van der Waals surface area contributed by atoms with Crippen LogP contribution in [0.1, 0.15) is 96.9 Å². The van der Waals surface area contributed by atoms with Crippen LogP contribution in [-0.4, -0.2) is 37.6 Å². The number of esters is 1. The molecule has 1 amide bonds. The Morgan fingerprint density at radius 3 is 1.50 bits per heavy atom. The number of ether oxygens (including phenoxy) is 2. The van der Waals surface area contributed by atoms with E-state index in [-0.39, 0.29) is 22.9 Å². The number of aryl methyl sites for hydroxylation is 2. The van der Waals surface area contributed by atoms with Crippen LogP contribution in [0.2, 0.25) is 0 Å². The number of nitrogens with one attached hydrogen (secondary N) is 2.